The van der Waals surface area contributed by atoms with Crippen LogP contribution in [0.25, 0.3) is 6.08 Å². The number of nitrogens with two attached hydrogens (primary N) is 2. The summed E-state index contributed by atoms with van der Waals surface area (Å²) in [6, 6.07) is 3.29. The van der Waals surface area contributed by atoms with Gasteiger partial charge in [0.05, 0.1) is 17.6 Å². The number of pyridine rings is 1. The standard InChI is InChI=1S/C18H22F2N4O3/c1-9-13(6-5-12-4-3-11(21)7-23-12)14-10(2)27-16(26)17(14,15(25)24-22)8-18(9,19)20/h3-7,9-10,13-14H,8,21-22H2,1-2H3,(H,24,25)/b6-5+/t9-,10+,13-,14-,17+/m0/s1. The van der Waals surface area contributed by atoms with Crippen molar-refractivity contribution in [2.45, 2.75) is 32.3 Å². The van der Waals surface area contributed by atoms with Crippen molar-refractivity contribution in [1.29, 1.82) is 0 Å². The molecule has 0 spiro atoms. The average Bonchev–Trinajstić information content (AvgIpc) is 2.86. The predicted octanol–water partition coefficient (Wildman–Crippen LogP) is 1.51. The Morgan fingerprint density at radius 1 is 1.41 bits per heavy atom. The molecule has 2 fully saturated rings. The van der Waals surface area contributed by atoms with E-state index < -0.39 is 53.5 Å². The van der Waals surface area contributed by atoms with Crippen LogP contribution in [-0.2, 0) is 14.3 Å². The van der Waals surface area contributed by atoms with Gasteiger partial charge in [0.2, 0.25) is 0 Å². The lowest BCUT2D eigenvalue weighted by atomic mass is 9.56. The summed E-state index contributed by atoms with van der Waals surface area (Å²) in [6.45, 7) is 3.01. The molecule has 7 nitrogen and oxygen atoms in total. The zero-order chi connectivity index (χ0) is 20.0. The number of esters is 1. The van der Waals surface area contributed by atoms with Crippen LogP contribution in [0.5, 0.6) is 0 Å². The monoisotopic (exact) mass is 380 g/mol. The van der Waals surface area contributed by atoms with Crippen molar-refractivity contribution in [2.75, 3.05) is 5.73 Å². The Bertz CT molecular complexity index is 773. The highest BCUT2D eigenvalue weighted by molar-refractivity contribution is 6.04. The summed E-state index contributed by atoms with van der Waals surface area (Å²) < 4.78 is 34.8. The van der Waals surface area contributed by atoms with Crippen molar-refractivity contribution in [3.63, 3.8) is 0 Å². The lowest BCUT2D eigenvalue weighted by molar-refractivity contribution is -0.178. The van der Waals surface area contributed by atoms with Gasteiger partial charge < -0.3 is 10.5 Å². The number of rotatable bonds is 3. The highest BCUT2D eigenvalue weighted by atomic mass is 19.3. The predicted molar refractivity (Wildman–Crippen MR) is 93.7 cm³/mol. The third kappa shape index (κ3) is 2.95. The van der Waals surface area contributed by atoms with Crippen molar-refractivity contribution in [3.8, 4) is 0 Å². The van der Waals surface area contributed by atoms with Crippen LogP contribution < -0.4 is 17.0 Å². The Morgan fingerprint density at radius 3 is 2.70 bits per heavy atom. The molecule has 1 aromatic rings. The van der Waals surface area contributed by atoms with Crippen LogP contribution in [0.3, 0.4) is 0 Å². The molecule has 0 unspecified atom stereocenters. The SMILES string of the molecule is C[C@H]1OC(=O)[C@]2(C(=O)NN)CC(F)(F)[C@@H](C)[C@H](/C=C/c3ccc(N)cn3)[C@H]12. The minimum atomic E-state index is -3.25. The molecule has 0 bridgehead atoms. The van der Waals surface area contributed by atoms with E-state index >= 15 is 0 Å². The van der Waals surface area contributed by atoms with Crippen molar-refractivity contribution in [2.24, 2.45) is 29.0 Å². The number of carbonyl (C=O) groups excluding carboxylic acids is 2. The molecule has 1 saturated heterocycles. The van der Waals surface area contributed by atoms with Gasteiger partial charge in [-0.05, 0) is 31.1 Å². The molecule has 1 aliphatic carbocycles. The molecule has 9 heteroatoms. The lowest BCUT2D eigenvalue weighted by Gasteiger charge is -2.46. The quantitative estimate of drug-likeness (QED) is 0.240. The molecule has 2 heterocycles. The fourth-order valence-electron chi connectivity index (χ4n) is 4.31. The molecule has 3 rings (SSSR count). The van der Waals surface area contributed by atoms with Crippen LogP contribution >= 0.6 is 0 Å². The summed E-state index contributed by atoms with van der Waals surface area (Å²) in [5.74, 6) is -2.62. The molecular formula is C18H22F2N4O3. The highest BCUT2D eigenvalue weighted by Crippen LogP contribution is 2.59. The second-order valence-corrected chi connectivity index (χ2v) is 7.26. The number of aromatic nitrogens is 1. The van der Waals surface area contributed by atoms with Crippen LogP contribution in [0.2, 0.25) is 0 Å². The molecule has 0 aromatic carbocycles. The Kier molecular flexibility index (Phi) is 4.67. The second kappa shape index (κ2) is 6.56. The van der Waals surface area contributed by atoms with E-state index in [4.69, 9.17) is 16.3 Å². The zero-order valence-corrected chi connectivity index (χ0v) is 15.0. The van der Waals surface area contributed by atoms with Crippen LogP contribution in [0.4, 0.5) is 14.5 Å². The van der Waals surface area contributed by atoms with Gasteiger partial charge in [0.1, 0.15) is 6.10 Å². The van der Waals surface area contributed by atoms with Gasteiger partial charge >= 0.3 is 5.97 Å². The molecule has 146 valence electrons. The van der Waals surface area contributed by atoms with E-state index in [9.17, 15) is 18.4 Å². The summed E-state index contributed by atoms with van der Waals surface area (Å²) in [5, 5.41) is 0. The van der Waals surface area contributed by atoms with Crippen molar-refractivity contribution >= 4 is 23.6 Å². The molecule has 5 atom stereocenters. The molecule has 2 aliphatic rings. The highest BCUT2D eigenvalue weighted by Gasteiger charge is 2.71. The summed E-state index contributed by atoms with van der Waals surface area (Å²) in [6.07, 6.45) is 2.97. The number of nitrogens with one attached hydrogen (secondary N) is 1. The number of hydrogen-bond acceptors (Lipinski definition) is 6. The largest absolute Gasteiger partial charge is 0.461 e. The Hall–Kier alpha value is -2.55. The fourth-order valence-corrected chi connectivity index (χ4v) is 4.31. The molecule has 1 saturated carbocycles. The Balaban J connectivity index is 2.06. The van der Waals surface area contributed by atoms with Gasteiger partial charge in [-0.15, -0.1) is 0 Å². The van der Waals surface area contributed by atoms with E-state index in [1.165, 1.54) is 13.1 Å². The number of hydrazine groups is 1. The molecule has 1 amide bonds. The van der Waals surface area contributed by atoms with Crippen molar-refractivity contribution < 1.29 is 23.1 Å². The minimum absolute atomic E-state index is 0.478. The first kappa shape index (κ1) is 19.2. The van der Waals surface area contributed by atoms with Gasteiger partial charge in [0.15, 0.2) is 5.41 Å². The Labute approximate surface area is 155 Å². The van der Waals surface area contributed by atoms with E-state index in [0.717, 1.165) is 0 Å². The topological polar surface area (TPSA) is 120 Å². The number of nitrogens with zero attached hydrogens (tertiary/aromatic N) is 1. The van der Waals surface area contributed by atoms with E-state index in [1.807, 2.05) is 5.43 Å². The number of hydrogen-bond donors (Lipinski definition) is 3. The van der Waals surface area contributed by atoms with Gasteiger partial charge in [-0.3, -0.25) is 20.0 Å². The maximum absolute atomic E-state index is 14.8. The van der Waals surface area contributed by atoms with Crippen LogP contribution in [0, 0.1) is 23.2 Å². The second-order valence-electron chi connectivity index (χ2n) is 7.26. The smallest absolute Gasteiger partial charge is 0.322 e. The number of allylic oxidation sites excluding steroid dienone is 1. The van der Waals surface area contributed by atoms with Crippen LogP contribution in [0.15, 0.2) is 24.4 Å². The number of alkyl halides is 2. The normalized spacial score (nSPS) is 34.9. The molecule has 1 aromatic heterocycles. The maximum atomic E-state index is 14.8. The molecule has 27 heavy (non-hydrogen) atoms. The summed E-state index contributed by atoms with van der Waals surface area (Å²) in [5.41, 5.74) is 6.46. The lowest BCUT2D eigenvalue weighted by Crippen LogP contribution is -2.60. The average molecular weight is 380 g/mol. The fraction of sp³-hybridized carbons (Fsp3) is 0.500. The summed E-state index contributed by atoms with van der Waals surface area (Å²) in [4.78, 5) is 29.0. The van der Waals surface area contributed by atoms with E-state index in [0.29, 0.717) is 11.4 Å². The van der Waals surface area contributed by atoms with Crippen molar-refractivity contribution in [3.05, 3.63) is 30.1 Å². The van der Waals surface area contributed by atoms with Gasteiger partial charge in [0.25, 0.3) is 11.8 Å². The molecule has 1 aliphatic heterocycles. The first-order valence-corrected chi connectivity index (χ1v) is 8.63. The van der Waals surface area contributed by atoms with Gasteiger partial charge in [-0.25, -0.2) is 14.6 Å². The Morgan fingerprint density at radius 2 is 2.11 bits per heavy atom. The number of cyclic esters (lactones) is 1. The minimum Gasteiger partial charge on any atom is -0.461 e. The zero-order valence-electron chi connectivity index (χ0n) is 15.0. The van der Waals surface area contributed by atoms with Gasteiger partial charge in [0, 0.05) is 18.3 Å². The summed E-state index contributed by atoms with van der Waals surface area (Å²) >= 11 is 0. The third-order valence-electron chi connectivity index (χ3n) is 5.74. The number of halogens is 2. The van der Waals surface area contributed by atoms with Crippen LogP contribution in [-0.4, -0.2) is 28.9 Å². The first-order chi connectivity index (χ1) is 12.6. The van der Waals surface area contributed by atoms with Crippen LogP contribution in [0.1, 0.15) is 26.0 Å². The van der Waals surface area contributed by atoms with E-state index in [2.05, 4.69) is 4.98 Å². The number of carbonyl (C=O) groups is 2. The molecular weight excluding hydrogens is 358 g/mol. The first-order valence-electron chi connectivity index (χ1n) is 8.63. The van der Waals surface area contributed by atoms with Crippen molar-refractivity contribution in [1.82, 2.24) is 10.4 Å². The summed E-state index contributed by atoms with van der Waals surface area (Å²) in [7, 11) is 0. The number of anilines is 1. The van der Waals surface area contributed by atoms with E-state index in [1.54, 1.807) is 31.2 Å². The van der Waals surface area contributed by atoms with Gasteiger partial charge in [-0.2, -0.15) is 0 Å². The molecule has 0 radical (unpaired) electrons. The van der Waals surface area contributed by atoms with E-state index in [-0.39, 0.29) is 0 Å². The number of fused-ring (bicyclic) bond motifs is 1. The maximum Gasteiger partial charge on any atom is 0.322 e. The van der Waals surface area contributed by atoms with Gasteiger partial charge in [-0.1, -0.05) is 13.0 Å². The number of nitrogen functional groups attached to an aromatic ring is 1. The number of ether oxygens (including phenoxy) is 1. The third-order valence-corrected chi connectivity index (χ3v) is 5.74. The molecule has 5 N–H and O–H groups in total. The number of amides is 1.